The van der Waals surface area contributed by atoms with E-state index >= 15 is 0 Å². The second kappa shape index (κ2) is 6.95. The lowest BCUT2D eigenvalue weighted by Crippen LogP contribution is -2.35. The van der Waals surface area contributed by atoms with Gasteiger partial charge in [-0.15, -0.1) is 0 Å². The van der Waals surface area contributed by atoms with Crippen LogP contribution in [0.15, 0.2) is 0 Å². The van der Waals surface area contributed by atoms with Crippen molar-refractivity contribution in [3.05, 3.63) is 5.28 Å². The van der Waals surface area contributed by atoms with Gasteiger partial charge in [0.15, 0.2) is 0 Å². The first kappa shape index (κ1) is 14.4. The second-order valence-electron chi connectivity index (χ2n) is 3.54. The van der Waals surface area contributed by atoms with Gasteiger partial charge >= 0.3 is 6.01 Å². The lowest BCUT2D eigenvalue weighted by molar-refractivity contribution is -0.121. The van der Waals surface area contributed by atoms with Gasteiger partial charge in [0.2, 0.25) is 17.1 Å². The monoisotopic (exact) mass is 273 g/mol. The summed E-state index contributed by atoms with van der Waals surface area (Å²) in [4.78, 5) is 23.1. The van der Waals surface area contributed by atoms with Crippen LogP contribution in [0.1, 0.15) is 20.3 Å². The van der Waals surface area contributed by atoms with E-state index in [2.05, 4.69) is 25.6 Å². The Kier molecular flexibility index (Phi) is 5.57. The zero-order chi connectivity index (χ0) is 13.5. The maximum absolute atomic E-state index is 11.3. The van der Waals surface area contributed by atoms with Crippen molar-refractivity contribution in [2.75, 3.05) is 19.0 Å². The SMILES string of the molecule is CCCOc1nc(Cl)nc(NC(C)C(=O)NC)n1. The largest absolute Gasteiger partial charge is 0.463 e. The van der Waals surface area contributed by atoms with Crippen molar-refractivity contribution in [3.8, 4) is 6.01 Å². The molecule has 1 amide bonds. The van der Waals surface area contributed by atoms with Gasteiger partial charge in [0.1, 0.15) is 6.04 Å². The Balaban J connectivity index is 2.76. The quantitative estimate of drug-likeness (QED) is 0.799. The zero-order valence-electron chi connectivity index (χ0n) is 10.5. The van der Waals surface area contributed by atoms with Crippen molar-refractivity contribution in [1.82, 2.24) is 20.3 Å². The highest BCUT2D eigenvalue weighted by Crippen LogP contribution is 2.12. The molecule has 0 aliphatic rings. The number of halogens is 1. The van der Waals surface area contributed by atoms with Gasteiger partial charge in [0.25, 0.3) is 0 Å². The van der Waals surface area contributed by atoms with E-state index in [1.165, 1.54) is 0 Å². The third-order valence-electron chi connectivity index (χ3n) is 2.01. The lowest BCUT2D eigenvalue weighted by Gasteiger charge is -2.12. The molecule has 0 aliphatic heterocycles. The van der Waals surface area contributed by atoms with E-state index in [0.29, 0.717) is 6.61 Å². The number of aromatic nitrogens is 3. The highest BCUT2D eigenvalue weighted by atomic mass is 35.5. The Bertz CT molecular complexity index is 415. The minimum atomic E-state index is -0.479. The zero-order valence-corrected chi connectivity index (χ0v) is 11.3. The van der Waals surface area contributed by atoms with E-state index in [1.807, 2.05) is 6.92 Å². The maximum atomic E-state index is 11.3. The van der Waals surface area contributed by atoms with Crippen molar-refractivity contribution >= 4 is 23.5 Å². The topological polar surface area (TPSA) is 89.0 Å². The van der Waals surface area contributed by atoms with Crippen molar-refractivity contribution in [2.45, 2.75) is 26.3 Å². The molecular weight excluding hydrogens is 258 g/mol. The summed E-state index contributed by atoms with van der Waals surface area (Å²) in [6.45, 7) is 4.14. The molecule has 7 nitrogen and oxygen atoms in total. The number of amides is 1. The third-order valence-corrected chi connectivity index (χ3v) is 2.18. The first-order chi connectivity index (χ1) is 8.56. The van der Waals surface area contributed by atoms with E-state index < -0.39 is 6.04 Å². The molecule has 0 saturated heterocycles. The molecule has 2 N–H and O–H groups in total. The summed E-state index contributed by atoms with van der Waals surface area (Å²) in [5.41, 5.74) is 0. The molecule has 0 saturated carbocycles. The van der Waals surface area contributed by atoms with Gasteiger partial charge < -0.3 is 15.4 Å². The molecule has 8 heteroatoms. The Morgan fingerprint density at radius 1 is 1.44 bits per heavy atom. The fourth-order valence-corrected chi connectivity index (χ4v) is 1.28. The Morgan fingerprint density at radius 2 is 2.17 bits per heavy atom. The lowest BCUT2D eigenvalue weighted by atomic mass is 10.3. The van der Waals surface area contributed by atoms with Gasteiger partial charge in [0.05, 0.1) is 6.61 Å². The Hall–Kier alpha value is -1.63. The number of anilines is 1. The number of carbonyl (C=O) groups excluding carboxylic acids is 1. The fourth-order valence-electron chi connectivity index (χ4n) is 1.13. The van der Waals surface area contributed by atoms with Crippen LogP contribution in [0, 0.1) is 0 Å². The van der Waals surface area contributed by atoms with E-state index in [4.69, 9.17) is 16.3 Å². The molecule has 1 heterocycles. The smallest absolute Gasteiger partial charge is 0.322 e. The van der Waals surface area contributed by atoms with Crippen LogP contribution in [0.4, 0.5) is 5.95 Å². The van der Waals surface area contributed by atoms with Crippen molar-refractivity contribution in [1.29, 1.82) is 0 Å². The van der Waals surface area contributed by atoms with Crippen molar-refractivity contribution < 1.29 is 9.53 Å². The summed E-state index contributed by atoms with van der Waals surface area (Å²) in [5, 5.41) is 5.34. The number of ether oxygens (including phenoxy) is 1. The van der Waals surface area contributed by atoms with Crippen LogP contribution in [0.2, 0.25) is 5.28 Å². The number of nitrogens with zero attached hydrogens (tertiary/aromatic N) is 3. The predicted octanol–water partition coefficient (Wildman–Crippen LogP) is 0.860. The molecule has 1 rings (SSSR count). The number of nitrogens with one attached hydrogen (secondary N) is 2. The van der Waals surface area contributed by atoms with Crippen LogP contribution < -0.4 is 15.4 Å². The summed E-state index contributed by atoms with van der Waals surface area (Å²) in [6, 6.07) is -0.337. The van der Waals surface area contributed by atoms with Crippen molar-refractivity contribution in [3.63, 3.8) is 0 Å². The second-order valence-corrected chi connectivity index (χ2v) is 3.88. The van der Waals surface area contributed by atoms with E-state index in [0.717, 1.165) is 6.42 Å². The molecule has 1 unspecified atom stereocenters. The molecule has 0 fully saturated rings. The van der Waals surface area contributed by atoms with Gasteiger partial charge in [-0.05, 0) is 24.9 Å². The summed E-state index contributed by atoms with van der Waals surface area (Å²) in [7, 11) is 1.55. The molecule has 1 atom stereocenters. The van der Waals surface area contributed by atoms with Crippen LogP contribution >= 0.6 is 11.6 Å². The van der Waals surface area contributed by atoms with Crippen LogP contribution in [0.3, 0.4) is 0 Å². The fraction of sp³-hybridized carbons (Fsp3) is 0.600. The van der Waals surface area contributed by atoms with Gasteiger partial charge in [-0.2, -0.15) is 15.0 Å². The summed E-state index contributed by atoms with van der Waals surface area (Å²) >= 11 is 5.74. The first-order valence-electron chi connectivity index (χ1n) is 5.59. The Labute approximate surface area is 110 Å². The van der Waals surface area contributed by atoms with Gasteiger partial charge in [-0.3, -0.25) is 4.79 Å². The van der Waals surface area contributed by atoms with Crippen LogP contribution in [0.25, 0.3) is 0 Å². The number of hydrogen-bond donors (Lipinski definition) is 2. The molecular formula is C10H16ClN5O2. The van der Waals surface area contributed by atoms with Crippen LogP contribution in [-0.4, -0.2) is 40.6 Å². The molecule has 0 aromatic carbocycles. The number of likely N-dealkylation sites (N-methyl/N-ethyl adjacent to an activating group) is 1. The number of carbonyl (C=O) groups is 1. The predicted molar refractivity (Wildman–Crippen MR) is 67.8 cm³/mol. The van der Waals surface area contributed by atoms with Gasteiger partial charge in [-0.1, -0.05) is 6.92 Å². The van der Waals surface area contributed by atoms with E-state index in [1.54, 1.807) is 14.0 Å². The molecule has 0 radical (unpaired) electrons. The molecule has 0 bridgehead atoms. The molecule has 1 aromatic rings. The summed E-state index contributed by atoms with van der Waals surface area (Å²) in [5.74, 6) is 0.0276. The standard InChI is InChI=1S/C10H16ClN5O2/c1-4-5-18-10-15-8(11)14-9(16-10)13-6(2)7(17)12-3/h6H,4-5H2,1-3H3,(H,12,17)(H,13,14,15,16). The average Bonchev–Trinajstić information content (AvgIpc) is 2.34. The first-order valence-corrected chi connectivity index (χ1v) is 5.97. The minimum absolute atomic E-state index is 0.0164. The minimum Gasteiger partial charge on any atom is -0.463 e. The maximum Gasteiger partial charge on any atom is 0.322 e. The number of rotatable bonds is 6. The Morgan fingerprint density at radius 3 is 2.78 bits per heavy atom. The number of hydrogen-bond acceptors (Lipinski definition) is 6. The van der Waals surface area contributed by atoms with E-state index in [-0.39, 0.29) is 23.1 Å². The highest BCUT2D eigenvalue weighted by Gasteiger charge is 2.13. The van der Waals surface area contributed by atoms with Crippen LogP contribution in [-0.2, 0) is 4.79 Å². The summed E-state index contributed by atoms with van der Waals surface area (Å²) < 4.78 is 5.26. The average molecular weight is 274 g/mol. The third kappa shape index (κ3) is 4.33. The normalized spacial score (nSPS) is 11.8. The van der Waals surface area contributed by atoms with E-state index in [9.17, 15) is 4.79 Å². The molecule has 100 valence electrons. The molecule has 1 aromatic heterocycles. The van der Waals surface area contributed by atoms with Gasteiger partial charge in [-0.25, -0.2) is 0 Å². The molecule has 0 aliphatic carbocycles. The molecule has 18 heavy (non-hydrogen) atoms. The molecule has 0 spiro atoms. The highest BCUT2D eigenvalue weighted by molar-refractivity contribution is 6.28. The van der Waals surface area contributed by atoms with Crippen molar-refractivity contribution in [2.24, 2.45) is 0 Å². The summed E-state index contributed by atoms with van der Waals surface area (Å²) in [6.07, 6.45) is 0.834. The van der Waals surface area contributed by atoms with Crippen LogP contribution in [0.5, 0.6) is 6.01 Å². The van der Waals surface area contributed by atoms with Gasteiger partial charge in [0, 0.05) is 7.05 Å².